The highest BCUT2D eigenvalue weighted by Gasteiger charge is 2.22. The van der Waals surface area contributed by atoms with Gasteiger partial charge in [-0.3, -0.25) is 9.69 Å². The van der Waals surface area contributed by atoms with Crippen molar-refractivity contribution in [1.82, 2.24) is 20.2 Å². The van der Waals surface area contributed by atoms with Gasteiger partial charge >= 0.3 is 0 Å². The summed E-state index contributed by atoms with van der Waals surface area (Å²) in [5.74, 6) is 0.758. The zero-order valence-electron chi connectivity index (χ0n) is 11.4. The van der Waals surface area contributed by atoms with Gasteiger partial charge in [-0.25, -0.2) is 4.98 Å². The van der Waals surface area contributed by atoms with Crippen molar-refractivity contribution >= 4 is 21.6 Å². The fourth-order valence-corrected chi connectivity index (χ4v) is 3.37. The lowest BCUT2D eigenvalue weighted by molar-refractivity contribution is 0.169. The van der Waals surface area contributed by atoms with Crippen LogP contribution in [0.25, 0.3) is 10.2 Å². The molecular formula is C13H18N4OS. The molecule has 2 N–H and O–H groups in total. The minimum atomic E-state index is -0.0121. The van der Waals surface area contributed by atoms with Crippen LogP contribution < -0.4 is 10.9 Å². The maximum absolute atomic E-state index is 12.1. The van der Waals surface area contributed by atoms with Crippen molar-refractivity contribution in [2.75, 3.05) is 20.1 Å². The Kier molecular flexibility index (Phi) is 3.16. The van der Waals surface area contributed by atoms with Crippen LogP contribution in [-0.2, 0) is 6.54 Å². The Morgan fingerprint density at radius 2 is 2.16 bits per heavy atom. The molecule has 19 heavy (non-hydrogen) atoms. The Bertz CT molecular complexity index is 671. The second kappa shape index (κ2) is 4.70. The quantitative estimate of drug-likeness (QED) is 0.879. The predicted molar refractivity (Wildman–Crippen MR) is 77.8 cm³/mol. The van der Waals surface area contributed by atoms with E-state index in [-0.39, 0.29) is 5.56 Å². The van der Waals surface area contributed by atoms with Gasteiger partial charge in [-0.05, 0) is 26.5 Å². The van der Waals surface area contributed by atoms with Crippen LogP contribution in [0.5, 0.6) is 0 Å². The highest BCUT2D eigenvalue weighted by Crippen LogP contribution is 2.25. The Morgan fingerprint density at radius 3 is 2.79 bits per heavy atom. The van der Waals surface area contributed by atoms with Crippen LogP contribution in [0.3, 0.4) is 0 Å². The van der Waals surface area contributed by atoms with Crippen LogP contribution in [0.2, 0.25) is 0 Å². The summed E-state index contributed by atoms with van der Waals surface area (Å²) >= 11 is 1.60. The molecule has 5 nitrogen and oxygen atoms in total. The van der Waals surface area contributed by atoms with Crippen molar-refractivity contribution in [3.8, 4) is 0 Å². The summed E-state index contributed by atoms with van der Waals surface area (Å²) in [5, 5.41) is 4.00. The Morgan fingerprint density at radius 1 is 1.42 bits per heavy atom. The monoisotopic (exact) mass is 278 g/mol. The van der Waals surface area contributed by atoms with Gasteiger partial charge in [0.25, 0.3) is 5.56 Å². The van der Waals surface area contributed by atoms with Gasteiger partial charge in [0.15, 0.2) is 0 Å². The van der Waals surface area contributed by atoms with Gasteiger partial charge in [-0.1, -0.05) is 0 Å². The van der Waals surface area contributed by atoms with E-state index >= 15 is 0 Å². The number of hydrogen-bond acceptors (Lipinski definition) is 5. The number of rotatable bonds is 3. The number of nitrogens with one attached hydrogen (secondary N) is 2. The summed E-state index contributed by atoms with van der Waals surface area (Å²) < 4.78 is 0. The van der Waals surface area contributed by atoms with Gasteiger partial charge in [-0.15, -0.1) is 11.3 Å². The van der Waals surface area contributed by atoms with Crippen molar-refractivity contribution in [2.45, 2.75) is 26.4 Å². The normalized spacial score (nSPS) is 16.2. The van der Waals surface area contributed by atoms with Gasteiger partial charge in [0.05, 0.1) is 11.9 Å². The van der Waals surface area contributed by atoms with Crippen molar-refractivity contribution < 1.29 is 0 Å². The molecule has 1 aliphatic heterocycles. The molecule has 3 heterocycles. The number of aromatic nitrogens is 2. The van der Waals surface area contributed by atoms with Crippen molar-refractivity contribution in [1.29, 1.82) is 0 Å². The number of hydrogen-bond donors (Lipinski definition) is 2. The van der Waals surface area contributed by atoms with Crippen molar-refractivity contribution in [3.05, 3.63) is 26.6 Å². The van der Waals surface area contributed by atoms with E-state index in [1.807, 2.05) is 13.8 Å². The van der Waals surface area contributed by atoms with E-state index in [2.05, 4.69) is 27.2 Å². The maximum Gasteiger partial charge on any atom is 0.259 e. The standard InChI is InChI=1S/C13H18N4OS/c1-7-8(2)19-13-11(7)12(18)15-10(16-13)6-17(3)9-4-14-5-9/h9,14H,4-6H2,1-3H3,(H,15,16,18). The summed E-state index contributed by atoms with van der Waals surface area (Å²) in [4.78, 5) is 23.9. The summed E-state index contributed by atoms with van der Waals surface area (Å²) in [7, 11) is 2.07. The number of H-pyrrole nitrogens is 1. The molecule has 0 unspecified atom stereocenters. The number of nitrogens with zero attached hydrogens (tertiary/aromatic N) is 2. The number of likely N-dealkylation sites (N-methyl/N-ethyl adjacent to an activating group) is 1. The molecule has 0 spiro atoms. The highest BCUT2D eigenvalue weighted by atomic mass is 32.1. The average molecular weight is 278 g/mol. The lowest BCUT2D eigenvalue weighted by Gasteiger charge is -2.35. The molecule has 2 aromatic heterocycles. The molecule has 0 aromatic carbocycles. The SMILES string of the molecule is Cc1sc2nc(CN(C)C3CNC3)[nH]c(=O)c2c1C. The first-order chi connectivity index (χ1) is 9.06. The third kappa shape index (κ3) is 2.20. The average Bonchev–Trinajstić information content (AvgIpc) is 2.51. The molecule has 0 amide bonds. The van der Waals surface area contributed by atoms with Gasteiger partial charge in [0.2, 0.25) is 0 Å². The van der Waals surface area contributed by atoms with Crippen LogP contribution in [0, 0.1) is 13.8 Å². The Balaban J connectivity index is 1.94. The number of aryl methyl sites for hydroxylation is 2. The molecule has 1 aliphatic rings. The summed E-state index contributed by atoms with van der Waals surface area (Å²) in [6, 6.07) is 0.549. The fourth-order valence-electron chi connectivity index (χ4n) is 2.32. The fraction of sp³-hybridized carbons (Fsp3) is 0.538. The third-order valence-corrected chi connectivity index (χ3v) is 4.97. The topological polar surface area (TPSA) is 61.0 Å². The first kappa shape index (κ1) is 12.8. The molecule has 2 aromatic rings. The minimum Gasteiger partial charge on any atom is -0.314 e. The van der Waals surface area contributed by atoms with Crippen molar-refractivity contribution in [2.24, 2.45) is 0 Å². The molecule has 0 atom stereocenters. The second-order valence-electron chi connectivity index (χ2n) is 5.20. The third-order valence-electron chi connectivity index (χ3n) is 3.87. The zero-order chi connectivity index (χ0) is 13.6. The Labute approximate surface area is 115 Å². The summed E-state index contributed by atoms with van der Waals surface area (Å²) in [6.45, 7) is 6.73. The Hall–Kier alpha value is -1.24. The van der Waals surface area contributed by atoms with Gasteiger partial charge in [0, 0.05) is 24.0 Å². The molecule has 1 saturated heterocycles. The van der Waals surface area contributed by atoms with E-state index in [0.29, 0.717) is 12.6 Å². The van der Waals surface area contributed by atoms with Crippen LogP contribution in [0.1, 0.15) is 16.3 Å². The van der Waals surface area contributed by atoms with E-state index < -0.39 is 0 Å². The number of aromatic amines is 1. The zero-order valence-corrected chi connectivity index (χ0v) is 12.2. The van der Waals surface area contributed by atoms with E-state index in [9.17, 15) is 4.79 Å². The molecule has 0 saturated carbocycles. The van der Waals surface area contributed by atoms with Crippen LogP contribution in [0.4, 0.5) is 0 Å². The van der Waals surface area contributed by atoms with Gasteiger partial charge in [0.1, 0.15) is 10.7 Å². The minimum absolute atomic E-state index is 0.0121. The van der Waals surface area contributed by atoms with E-state index in [4.69, 9.17) is 0 Å². The molecular weight excluding hydrogens is 260 g/mol. The van der Waals surface area contributed by atoms with Crippen LogP contribution >= 0.6 is 11.3 Å². The molecule has 0 bridgehead atoms. The van der Waals surface area contributed by atoms with Gasteiger partial charge < -0.3 is 10.3 Å². The molecule has 102 valence electrons. The lowest BCUT2D eigenvalue weighted by Crippen LogP contribution is -2.55. The largest absolute Gasteiger partial charge is 0.314 e. The smallest absolute Gasteiger partial charge is 0.259 e. The first-order valence-corrected chi connectivity index (χ1v) is 7.27. The summed E-state index contributed by atoms with van der Waals surface area (Å²) in [5.41, 5.74) is 1.04. The highest BCUT2D eigenvalue weighted by molar-refractivity contribution is 7.18. The van der Waals surface area contributed by atoms with Crippen molar-refractivity contribution in [3.63, 3.8) is 0 Å². The molecule has 6 heteroatoms. The van der Waals surface area contributed by atoms with Gasteiger partial charge in [-0.2, -0.15) is 0 Å². The van der Waals surface area contributed by atoms with E-state index in [1.54, 1.807) is 11.3 Å². The second-order valence-corrected chi connectivity index (χ2v) is 6.41. The lowest BCUT2D eigenvalue weighted by atomic mass is 10.1. The molecule has 3 rings (SSSR count). The van der Waals surface area contributed by atoms with E-state index in [0.717, 1.165) is 34.7 Å². The van der Waals surface area contributed by atoms with E-state index in [1.165, 1.54) is 4.88 Å². The number of fused-ring (bicyclic) bond motifs is 1. The van der Waals surface area contributed by atoms with Crippen LogP contribution in [0.15, 0.2) is 4.79 Å². The summed E-state index contributed by atoms with van der Waals surface area (Å²) in [6.07, 6.45) is 0. The molecule has 0 aliphatic carbocycles. The maximum atomic E-state index is 12.1. The number of thiophene rings is 1. The molecule has 0 radical (unpaired) electrons. The first-order valence-electron chi connectivity index (χ1n) is 6.46. The predicted octanol–water partition coefficient (Wildman–Crippen LogP) is 1.01. The van der Waals surface area contributed by atoms with Crippen LogP contribution in [-0.4, -0.2) is 41.0 Å². The molecule has 1 fully saturated rings.